The van der Waals surface area contributed by atoms with E-state index in [1.807, 2.05) is 30.5 Å². The maximum Gasteiger partial charge on any atom is 0.183 e. The fraction of sp³-hybridized carbons (Fsp3) is 0.0606. The van der Waals surface area contributed by atoms with Crippen molar-refractivity contribution in [2.24, 2.45) is 4.99 Å². The van der Waals surface area contributed by atoms with Gasteiger partial charge in [0.1, 0.15) is 5.75 Å². The third-order valence-corrected chi connectivity index (χ3v) is 11.4. The van der Waals surface area contributed by atoms with Gasteiger partial charge >= 0.3 is 0 Å². The van der Waals surface area contributed by atoms with Crippen molar-refractivity contribution in [2.45, 2.75) is 13.5 Å². The molecule has 0 heterocycles. The monoisotopic (exact) mass is 483 g/mol. The summed E-state index contributed by atoms with van der Waals surface area (Å²) in [7, 11) is -2.82. The van der Waals surface area contributed by atoms with Gasteiger partial charge in [0, 0.05) is 11.8 Å². The Morgan fingerprint density at radius 1 is 0.639 bits per heavy atom. The van der Waals surface area contributed by atoms with Gasteiger partial charge < -0.3 is 5.11 Å². The topological polar surface area (TPSA) is 32.6 Å². The maximum atomic E-state index is 11.9. The number of aryl methyl sites for hydroxylation is 1. The van der Waals surface area contributed by atoms with Crippen LogP contribution in [0.25, 0.3) is 0 Å². The number of aromatic hydroxyl groups is 1. The molecule has 0 amide bonds. The van der Waals surface area contributed by atoms with Crippen LogP contribution in [0.1, 0.15) is 16.7 Å². The van der Waals surface area contributed by atoms with E-state index in [0.29, 0.717) is 12.3 Å². The zero-order chi connectivity index (χ0) is 24.8. The number of hydrogen-bond acceptors (Lipinski definition) is 2. The molecule has 176 valence electrons. The highest BCUT2D eigenvalue weighted by atomic mass is 28.3. The molecule has 1 N–H and O–H groups in total. The van der Waals surface area contributed by atoms with Gasteiger partial charge in [-0.2, -0.15) is 0 Å². The lowest BCUT2D eigenvalue weighted by atomic mass is 10.1. The van der Waals surface area contributed by atoms with Crippen LogP contribution in [0.15, 0.2) is 138 Å². The predicted octanol–water partition coefficient (Wildman–Crippen LogP) is 4.70. The molecule has 0 saturated heterocycles. The van der Waals surface area contributed by atoms with E-state index in [0.717, 1.165) is 21.9 Å². The summed E-state index contributed by atoms with van der Waals surface area (Å²) in [4.78, 5) is 4.69. The predicted molar refractivity (Wildman–Crippen MR) is 154 cm³/mol. The number of phenols is 1. The summed E-state index contributed by atoms with van der Waals surface area (Å²) in [5, 5.41) is 16.5. The molecule has 5 aromatic rings. The summed E-state index contributed by atoms with van der Waals surface area (Å²) in [5.74, 6) is 0.306. The van der Waals surface area contributed by atoms with Gasteiger partial charge in [-0.3, -0.25) is 4.99 Å². The second-order valence-electron chi connectivity index (χ2n) is 9.05. The molecular formula is C33H29NOSi. The normalized spacial score (nSPS) is 11.6. The van der Waals surface area contributed by atoms with Crippen molar-refractivity contribution in [3.8, 4) is 5.75 Å². The minimum absolute atomic E-state index is 0.306. The molecule has 0 atom stereocenters. The molecule has 0 aliphatic rings. The summed E-state index contributed by atoms with van der Waals surface area (Å²) in [6.07, 6.45) is 1.82. The second kappa shape index (κ2) is 10.6. The molecule has 0 aliphatic heterocycles. The highest BCUT2D eigenvalue weighted by Gasteiger charge is 2.43. The molecule has 0 aromatic heterocycles. The van der Waals surface area contributed by atoms with Crippen molar-refractivity contribution >= 4 is 35.0 Å². The van der Waals surface area contributed by atoms with Crippen molar-refractivity contribution < 1.29 is 5.11 Å². The van der Waals surface area contributed by atoms with E-state index in [-0.39, 0.29) is 0 Å². The standard InChI is InChI=1S/C33H29NOSi/c1-26-22-28(25-34-24-27-14-6-2-7-15-27)33(35)32(23-26)36(29-16-8-3-9-17-29,30-18-10-4-11-19-30)31-20-12-5-13-21-31/h2-23,25,35H,24H2,1H3. The Morgan fingerprint density at radius 3 is 1.56 bits per heavy atom. The lowest BCUT2D eigenvalue weighted by molar-refractivity contribution is 0.478. The van der Waals surface area contributed by atoms with E-state index in [4.69, 9.17) is 0 Å². The summed E-state index contributed by atoms with van der Waals surface area (Å²) in [6.45, 7) is 2.67. The number of aliphatic imine (C=N–C) groups is 1. The first-order chi connectivity index (χ1) is 17.7. The maximum absolute atomic E-state index is 11.9. The number of phenolic OH excluding ortho intramolecular Hbond substituents is 1. The zero-order valence-corrected chi connectivity index (χ0v) is 21.4. The van der Waals surface area contributed by atoms with Crippen molar-refractivity contribution in [3.63, 3.8) is 0 Å². The van der Waals surface area contributed by atoms with Gasteiger partial charge in [-0.25, -0.2) is 0 Å². The number of hydrogen-bond donors (Lipinski definition) is 1. The summed E-state index contributed by atoms with van der Waals surface area (Å²) in [6, 6.07) is 46.3. The van der Waals surface area contributed by atoms with Gasteiger partial charge in [-0.05, 0) is 39.3 Å². The lowest BCUT2D eigenvalue weighted by Gasteiger charge is -2.35. The first-order valence-electron chi connectivity index (χ1n) is 12.2. The number of nitrogens with zero attached hydrogens (tertiary/aromatic N) is 1. The molecule has 5 rings (SSSR count). The Bertz CT molecular complexity index is 1350. The first kappa shape index (κ1) is 23.5. The van der Waals surface area contributed by atoms with Crippen LogP contribution >= 0.6 is 0 Å². The van der Waals surface area contributed by atoms with Crippen LogP contribution in [-0.4, -0.2) is 19.4 Å². The van der Waals surface area contributed by atoms with Gasteiger partial charge in [0.05, 0.1) is 6.54 Å². The molecule has 0 fully saturated rings. The smallest absolute Gasteiger partial charge is 0.183 e. The van der Waals surface area contributed by atoms with E-state index >= 15 is 0 Å². The molecule has 3 heteroatoms. The highest BCUT2D eigenvalue weighted by molar-refractivity contribution is 7.20. The summed E-state index contributed by atoms with van der Waals surface area (Å²) < 4.78 is 0. The van der Waals surface area contributed by atoms with Crippen molar-refractivity contribution in [2.75, 3.05) is 0 Å². The molecule has 0 aliphatic carbocycles. The quantitative estimate of drug-likeness (QED) is 0.203. The Balaban J connectivity index is 1.75. The fourth-order valence-corrected chi connectivity index (χ4v) is 10.0. The highest BCUT2D eigenvalue weighted by Crippen LogP contribution is 2.21. The fourth-order valence-electron chi connectivity index (χ4n) is 5.05. The van der Waals surface area contributed by atoms with Crippen LogP contribution in [0.4, 0.5) is 0 Å². The molecule has 0 radical (unpaired) electrons. The molecule has 0 unspecified atom stereocenters. The van der Waals surface area contributed by atoms with Crippen LogP contribution in [0, 0.1) is 6.92 Å². The Labute approximate surface area is 214 Å². The Kier molecular flexibility index (Phi) is 6.92. The van der Waals surface area contributed by atoms with E-state index in [2.05, 4.69) is 121 Å². The number of rotatable bonds is 7. The summed E-state index contributed by atoms with van der Waals surface area (Å²) >= 11 is 0. The largest absolute Gasteiger partial charge is 0.507 e. The van der Waals surface area contributed by atoms with E-state index in [1.165, 1.54) is 15.6 Å². The minimum Gasteiger partial charge on any atom is -0.507 e. The Morgan fingerprint density at radius 2 is 1.08 bits per heavy atom. The van der Waals surface area contributed by atoms with E-state index < -0.39 is 8.07 Å². The van der Waals surface area contributed by atoms with Crippen LogP contribution in [0.5, 0.6) is 5.75 Å². The van der Waals surface area contributed by atoms with Crippen molar-refractivity contribution in [3.05, 3.63) is 150 Å². The van der Waals surface area contributed by atoms with Crippen LogP contribution < -0.4 is 20.7 Å². The first-order valence-corrected chi connectivity index (χ1v) is 14.2. The van der Waals surface area contributed by atoms with Crippen molar-refractivity contribution in [1.29, 1.82) is 0 Å². The number of benzene rings is 5. The van der Waals surface area contributed by atoms with Gasteiger partial charge in [0.15, 0.2) is 8.07 Å². The van der Waals surface area contributed by atoms with Crippen LogP contribution in [0.2, 0.25) is 0 Å². The average molecular weight is 484 g/mol. The minimum atomic E-state index is -2.82. The lowest BCUT2D eigenvalue weighted by Crippen LogP contribution is -2.74. The molecule has 36 heavy (non-hydrogen) atoms. The van der Waals surface area contributed by atoms with E-state index in [1.54, 1.807) is 0 Å². The summed E-state index contributed by atoms with van der Waals surface area (Å²) in [5.41, 5.74) is 2.99. The zero-order valence-electron chi connectivity index (χ0n) is 20.4. The van der Waals surface area contributed by atoms with Crippen LogP contribution in [-0.2, 0) is 6.54 Å². The van der Waals surface area contributed by atoms with Gasteiger partial charge in [-0.15, -0.1) is 0 Å². The van der Waals surface area contributed by atoms with Gasteiger partial charge in [-0.1, -0.05) is 133 Å². The Hall–Kier alpha value is -4.21. The van der Waals surface area contributed by atoms with Gasteiger partial charge in [0.2, 0.25) is 0 Å². The average Bonchev–Trinajstić information content (AvgIpc) is 2.94. The molecule has 2 nitrogen and oxygen atoms in total. The molecular weight excluding hydrogens is 454 g/mol. The van der Waals surface area contributed by atoms with E-state index in [9.17, 15) is 5.11 Å². The third kappa shape index (κ3) is 4.53. The molecule has 5 aromatic carbocycles. The van der Waals surface area contributed by atoms with Crippen molar-refractivity contribution in [1.82, 2.24) is 0 Å². The molecule has 0 saturated carbocycles. The third-order valence-electron chi connectivity index (χ3n) is 6.66. The van der Waals surface area contributed by atoms with Gasteiger partial charge in [0.25, 0.3) is 0 Å². The second-order valence-corrected chi connectivity index (χ2v) is 12.8. The van der Waals surface area contributed by atoms with Crippen LogP contribution in [0.3, 0.4) is 0 Å². The molecule has 0 bridgehead atoms. The SMILES string of the molecule is Cc1cc(C=NCc2ccccc2)c(O)c([Si](c2ccccc2)(c2ccccc2)c2ccccc2)c1. The molecule has 0 spiro atoms.